The summed E-state index contributed by atoms with van der Waals surface area (Å²) < 4.78 is 2.19. The Hall–Kier alpha value is -1.98. The van der Waals surface area contributed by atoms with Gasteiger partial charge in [-0.1, -0.05) is 29.8 Å². The Kier molecular flexibility index (Phi) is 3.54. The van der Waals surface area contributed by atoms with Crippen molar-refractivity contribution in [2.75, 3.05) is 0 Å². The monoisotopic (exact) mass is 368 g/mol. The van der Waals surface area contributed by atoms with Gasteiger partial charge in [-0.25, -0.2) is 0 Å². The lowest BCUT2D eigenvalue weighted by atomic mass is 9.91. The van der Waals surface area contributed by atoms with Gasteiger partial charge in [0.25, 0.3) is 0 Å². The van der Waals surface area contributed by atoms with Gasteiger partial charge in [0.2, 0.25) is 0 Å². The molecule has 0 spiro atoms. The van der Waals surface area contributed by atoms with E-state index in [0.717, 1.165) is 40.8 Å². The summed E-state index contributed by atoms with van der Waals surface area (Å²) in [5.41, 5.74) is 4.71. The first-order valence-corrected chi connectivity index (χ1v) is 9.79. The van der Waals surface area contributed by atoms with Crippen LogP contribution in [0.4, 0.5) is 0 Å². The minimum absolute atomic E-state index is 0.525. The SMILES string of the molecule is Cc1nnc2n1-c1sc3c(c1C(c1ccccc1Cl)=NC2)CCCC3. The molecule has 0 fully saturated rings. The number of nitrogens with zero attached hydrogens (tertiary/aromatic N) is 4. The molecule has 0 amide bonds. The van der Waals surface area contributed by atoms with Crippen molar-refractivity contribution in [3.63, 3.8) is 0 Å². The summed E-state index contributed by atoms with van der Waals surface area (Å²) in [7, 11) is 0. The molecule has 3 aromatic rings. The van der Waals surface area contributed by atoms with Crippen LogP contribution in [-0.2, 0) is 19.4 Å². The van der Waals surface area contributed by atoms with Gasteiger partial charge in [0.1, 0.15) is 17.4 Å². The van der Waals surface area contributed by atoms with Gasteiger partial charge in [0.15, 0.2) is 5.82 Å². The average molecular weight is 369 g/mol. The third-order valence-electron chi connectivity index (χ3n) is 4.99. The summed E-state index contributed by atoms with van der Waals surface area (Å²) in [4.78, 5) is 6.43. The number of halogens is 1. The van der Waals surface area contributed by atoms with Gasteiger partial charge in [0, 0.05) is 21.0 Å². The highest BCUT2D eigenvalue weighted by Gasteiger charge is 2.30. The van der Waals surface area contributed by atoms with Crippen LogP contribution in [-0.4, -0.2) is 20.5 Å². The molecule has 5 rings (SSSR count). The van der Waals surface area contributed by atoms with Crippen molar-refractivity contribution in [1.29, 1.82) is 0 Å². The van der Waals surface area contributed by atoms with E-state index < -0.39 is 0 Å². The number of hydrogen-bond acceptors (Lipinski definition) is 4. The molecule has 0 unspecified atom stereocenters. The number of hydrogen-bond donors (Lipinski definition) is 0. The van der Waals surface area contributed by atoms with E-state index in [0.29, 0.717) is 6.54 Å². The number of aliphatic imine (C=N–C) groups is 1. The second kappa shape index (κ2) is 5.78. The summed E-state index contributed by atoms with van der Waals surface area (Å²) in [6.07, 6.45) is 4.76. The number of aryl methyl sites for hydroxylation is 2. The van der Waals surface area contributed by atoms with Crippen molar-refractivity contribution in [2.45, 2.75) is 39.2 Å². The molecule has 1 aromatic carbocycles. The summed E-state index contributed by atoms with van der Waals surface area (Å²) in [6.45, 7) is 2.54. The van der Waals surface area contributed by atoms with E-state index in [-0.39, 0.29) is 0 Å². The second-order valence-electron chi connectivity index (χ2n) is 6.53. The van der Waals surface area contributed by atoms with Gasteiger partial charge in [-0.3, -0.25) is 9.56 Å². The smallest absolute Gasteiger partial charge is 0.160 e. The van der Waals surface area contributed by atoms with Gasteiger partial charge in [0.05, 0.1) is 5.71 Å². The Bertz CT molecular complexity index is 1010. The first kappa shape index (κ1) is 15.3. The molecule has 1 aliphatic carbocycles. The fourth-order valence-corrected chi connectivity index (χ4v) is 5.51. The van der Waals surface area contributed by atoms with Crippen molar-refractivity contribution < 1.29 is 0 Å². The van der Waals surface area contributed by atoms with Gasteiger partial charge in [-0.15, -0.1) is 21.5 Å². The molecule has 0 radical (unpaired) electrons. The zero-order chi connectivity index (χ0) is 17.0. The maximum Gasteiger partial charge on any atom is 0.160 e. The highest BCUT2D eigenvalue weighted by atomic mass is 35.5. The number of benzene rings is 1. The van der Waals surface area contributed by atoms with Crippen LogP contribution in [0.25, 0.3) is 5.00 Å². The molecular weight excluding hydrogens is 352 g/mol. The van der Waals surface area contributed by atoms with E-state index in [1.807, 2.05) is 36.5 Å². The fourth-order valence-electron chi connectivity index (χ4n) is 3.83. The average Bonchev–Trinajstić information content (AvgIpc) is 3.12. The maximum atomic E-state index is 6.53. The van der Waals surface area contributed by atoms with Crippen LogP contribution in [0.5, 0.6) is 0 Å². The van der Waals surface area contributed by atoms with E-state index in [9.17, 15) is 0 Å². The normalized spacial score (nSPS) is 15.8. The Balaban J connectivity index is 1.83. The van der Waals surface area contributed by atoms with Crippen molar-refractivity contribution in [3.8, 4) is 5.00 Å². The predicted octanol–water partition coefficient (Wildman–Crippen LogP) is 4.52. The van der Waals surface area contributed by atoms with Gasteiger partial charge in [-0.05, 0) is 44.2 Å². The summed E-state index contributed by atoms with van der Waals surface area (Å²) in [6, 6.07) is 8.00. The third kappa shape index (κ3) is 2.29. The predicted molar refractivity (Wildman–Crippen MR) is 101 cm³/mol. The molecule has 1 aliphatic heterocycles. The largest absolute Gasteiger partial charge is 0.276 e. The lowest BCUT2D eigenvalue weighted by molar-refractivity contribution is 0.696. The number of thiophene rings is 1. The minimum atomic E-state index is 0.525. The summed E-state index contributed by atoms with van der Waals surface area (Å²) in [5.74, 6) is 1.82. The van der Waals surface area contributed by atoms with Crippen LogP contribution in [0.3, 0.4) is 0 Å². The first-order chi connectivity index (χ1) is 12.2. The Morgan fingerprint density at radius 1 is 1.12 bits per heavy atom. The highest BCUT2D eigenvalue weighted by molar-refractivity contribution is 7.15. The second-order valence-corrected chi connectivity index (χ2v) is 8.03. The van der Waals surface area contributed by atoms with Crippen LogP contribution in [0.2, 0.25) is 5.02 Å². The van der Waals surface area contributed by atoms with Crippen molar-refractivity contribution in [3.05, 3.63) is 62.5 Å². The summed E-state index contributed by atoms with van der Waals surface area (Å²) in [5, 5.41) is 10.6. The van der Waals surface area contributed by atoms with Gasteiger partial charge >= 0.3 is 0 Å². The van der Waals surface area contributed by atoms with E-state index in [4.69, 9.17) is 16.6 Å². The van der Waals surface area contributed by atoms with Crippen molar-refractivity contribution >= 4 is 28.6 Å². The highest BCUT2D eigenvalue weighted by Crippen LogP contribution is 2.41. The number of aromatic nitrogens is 3. The molecule has 0 saturated heterocycles. The Morgan fingerprint density at radius 2 is 1.96 bits per heavy atom. The lowest BCUT2D eigenvalue weighted by Gasteiger charge is -2.15. The quantitative estimate of drug-likeness (QED) is 0.633. The Morgan fingerprint density at radius 3 is 2.84 bits per heavy atom. The lowest BCUT2D eigenvalue weighted by Crippen LogP contribution is -2.10. The molecule has 0 atom stereocenters. The van der Waals surface area contributed by atoms with Crippen LogP contribution in [0.15, 0.2) is 29.3 Å². The minimum Gasteiger partial charge on any atom is -0.276 e. The molecule has 6 heteroatoms. The molecule has 25 heavy (non-hydrogen) atoms. The Labute approximate surface area is 155 Å². The molecule has 126 valence electrons. The van der Waals surface area contributed by atoms with Crippen LogP contribution in [0, 0.1) is 6.92 Å². The van der Waals surface area contributed by atoms with Crippen LogP contribution < -0.4 is 0 Å². The van der Waals surface area contributed by atoms with Crippen molar-refractivity contribution in [2.24, 2.45) is 4.99 Å². The van der Waals surface area contributed by atoms with E-state index in [1.165, 1.54) is 33.8 Å². The zero-order valence-electron chi connectivity index (χ0n) is 13.9. The maximum absolute atomic E-state index is 6.53. The molecule has 4 nitrogen and oxygen atoms in total. The van der Waals surface area contributed by atoms with Crippen LogP contribution in [0.1, 0.15) is 46.1 Å². The molecule has 0 saturated carbocycles. The van der Waals surface area contributed by atoms with Gasteiger partial charge in [-0.2, -0.15) is 0 Å². The molecule has 0 N–H and O–H groups in total. The fraction of sp³-hybridized carbons (Fsp3) is 0.316. The van der Waals surface area contributed by atoms with Crippen molar-refractivity contribution in [1.82, 2.24) is 14.8 Å². The number of rotatable bonds is 1. The topological polar surface area (TPSA) is 43.1 Å². The molecular formula is C19H17ClN4S. The summed E-state index contributed by atoms with van der Waals surface area (Å²) >= 11 is 8.41. The number of fused-ring (bicyclic) bond motifs is 5. The van der Waals surface area contributed by atoms with Crippen LogP contribution >= 0.6 is 22.9 Å². The van der Waals surface area contributed by atoms with E-state index >= 15 is 0 Å². The van der Waals surface area contributed by atoms with E-state index in [2.05, 4.69) is 20.8 Å². The standard InChI is InChI=1S/C19H17ClN4S/c1-11-22-23-16-10-21-18(12-6-2-4-8-14(12)20)17-13-7-3-5-9-15(13)25-19(17)24(11)16/h2,4,6,8H,3,5,7,9-10H2,1H3. The first-order valence-electron chi connectivity index (χ1n) is 8.59. The third-order valence-corrected chi connectivity index (χ3v) is 6.60. The van der Waals surface area contributed by atoms with Gasteiger partial charge < -0.3 is 0 Å². The van der Waals surface area contributed by atoms with E-state index in [1.54, 1.807) is 0 Å². The molecule has 2 aliphatic rings. The zero-order valence-corrected chi connectivity index (χ0v) is 15.5. The molecule has 3 heterocycles. The molecule has 2 aromatic heterocycles. The molecule has 0 bridgehead atoms.